The van der Waals surface area contributed by atoms with E-state index >= 15 is 0 Å². The number of nitrogens with one attached hydrogen (secondary N) is 1. The molecule has 7 heteroatoms. The summed E-state index contributed by atoms with van der Waals surface area (Å²) in [6.45, 7) is 5.99. The molecule has 5 nitrogen and oxygen atoms in total. The number of halogens is 1. The molecule has 1 heterocycles. The van der Waals surface area contributed by atoms with E-state index in [9.17, 15) is 4.79 Å². The second-order valence-electron chi connectivity index (χ2n) is 6.05. The third-order valence-corrected chi connectivity index (χ3v) is 4.62. The van der Waals surface area contributed by atoms with E-state index in [-0.39, 0.29) is 24.4 Å². The van der Waals surface area contributed by atoms with Gasteiger partial charge < -0.3 is 11.1 Å². The van der Waals surface area contributed by atoms with E-state index in [1.807, 2.05) is 62.0 Å². The SMILES string of the molecule is CSCC[C@H](N)C(=O)NC(C)c1ccc(-n2nc(C)cc2C)cc1.Cl. The smallest absolute Gasteiger partial charge is 0.237 e. The lowest BCUT2D eigenvalue weighted by molar-refractivity contribution is -0.123. The first-order chi connectivity index (χ1) is 11.4. The summed E-state index contributed by atoms with van der Waals surface area (Å²) in [7, 11) is 0. The molecule has 138 valence electrons. The van der Waals surface area contributed by atoms with Gasteiger partial charge in [-0.3, -0.25) is 4.79 Å². The number of aromatic nitrogens is 2. The van der Waals surface area contributed by atoms with Crippen molar-refractivity contribution < 1.29 is 4.79 Å². The Kier molecular flexibility index (Phi) is 8.48. The minimum Gasteiger partial charge on any atom is -0.348 e. The molecule has 0 bridgehead atoms. The molecule has 0 aliphatic rings. The summed E-state index contributed by atoms with van der Waals surface area (Å²) >= 11 is 1.70. The van der Waals surface area contributed by atoms with Crippen LogP contribution in [0, 0.1) is 13.8 Å². The summed E-state index contributed by atoms with van der Waals surface area (Å²) < 4.78 is 1.92. The lowest BCUT2D eigenvalue weighted by Gasteiger charge is -2.18. The van der Waals surface area contributed by atoms with Crippen LogP contribution >= 0.6 is 24.2 Å². The average molecular weight is 383 g/mol. The fraction of sp³-hybridized carbons (Fsp3) is 0.444. The number of benzene rings is 1. The van der Waals surface area contributed by atoms with Crippen molar-refractivity contribution in [1.82, 2.24) is 15.1 Å². The molecule has 2 atom stereocenters. The Bertz CT molecular complexity index is 687. The molecular weight excluding hydrogens is 356 g/mol. The maximum Gasteiger partial charge on any atom is 0.237 e. The first-order valence-corrected chi connectivity index (χ1v) is 9.50. The van der Waals surface area contributed by atoms with Gasteiger partial charge in [-0.2, -0.15) is 16.9 Å². The highest BCUT2D eigenvalue weighted by molar-refractivity contribution is 7.98. The predicted octanol–water partition coefficient (Wildman–Crippen LogP) is 3.17. The van der Waals surface area contributed by atoms with Crippen LogP contribution in [0.1, 0.15) is 36.3 Å². The Morgan fingerprint density at radius 1 is 1.32 bits per heavy atom. The number of amides is 1. The summed E-state index contributed by atoms with van der Waals surface area (Å²) in [4.78, 5) is 12.1. The topological polar surface area (TPSA) is 72.9 Å². The van der Waals surface area contributed by atoms with Crippen LogP contribution in [0.4, 0.5) is 0 Å². The van der Waals surface area contributed by atoms with Crippen molar-refractivity contribution in [2.45, 2.75) is 39.3 Å². The van der Waals surface area contributed by atoms with Crippen molar-refractivity contribution in [2.75, 3.05) is 12.0 Å². The van der Waals surface area contributed by atoms with Crippen LogP contribution in [-0.2, 0) is 4.79 Å². The number of carbonyl (C=O) groups excluding carboxylic acids is 1. The standard InChI is InChI=1S/C18H26N4OS.ClH/c1-12-11-13(2)22(21-12)16-7-5-15(6-8-16)14(3)20-18(23)17(19)9-10-24-4;/h5-8,11,14,17H,9-10,19H2,1-4H3,(H,20,23);1H/t14?,17-;/m0./s1. The molecule has 0 radical (unpaired) electrons. The van der Waals surface area contributed by atoms with Crippen LogP contribution in [0.15, 0.2) is 30.3 Å². The van der Waals surface area contributed by atoms with Gasteiger partial charge in [-0.1, -0.05) is 12.1 Å². The Morgan fingerprint density at radius 3 is 2.48 bits per heavy atom. The fourth-order valence-electron chi connectivity index (χ4n) is 2.57. The third kappa shape index (κ3) is 5.76. The monoisotopic (exact) mass is 382 g/mol. The van der Waals surface area contributed by atoms with Gasteiger partial charge in [-0.05, 0) is 63.0 Å². The summed E-state index contributed by atoms with van der Waals surface area (Å²) in [5.41, 5.74) is 10.1. The van der Waals surface area contributed by atoms with E-state index in [1.54, 1.807) is 11.8 Å². The molecule has 2 aromatic rings. The summed E-state index contributed by atoms with van der Waals surface area (Å²) in [6, 6.07) is 9.60. The number of carbonyl (C=O) groups is 1. The second-order valence-corrected chi connectivity index (χ2v) is 7.03. The highest BCUT2D eigenvalue weighted by Crippen LogP contribution is 2.17. The van der Waals surface area contributed by atoms with Crippen molar-refractivity contribution in [2.24, 2.45) is 5.73 Å². The summed E-state index contributed by atoms with van der Waals surface area (Å²) in [5.74, 6) is 0.791. The minimum atomic E-state index is -0.450. The Morgan fingerprint density at radius 2 is 1.96 bits per heavy atom. The zero-order chi connectivity index (χ0) is 17.7. The molecule has 0 aliphatic carbocycles. The van der Waals surface area contributed by atoms with Gasteiger partial charge in [0, 0.05) is 5.69 Å². The number of nitrogens with two attached hydrogens (primary N) is 1. The van der Waals surface area contributed by atoms with E-state index in [0.717, 1.165) is 28.4 Å². The number of hydrogen-bond donors (Lipinski definition) is 2. The van der Waals surface area contributed by atoms with Gasteiger partial charge in [0.15, 0.2) is 0 Å². The Hall–Kier alpha value is -1.50. The average Bonchev–Trinajstić information content (AvgIpc) is 2.91. The maximum atomic E-state index is 12.1. The molecule has 0 spiro atoms. The molecule has 0 fully saturated rings. The van der Waals surface area contributed by atoms with Crippen molar-refractivity contribution in [3.05, 3.63) is 47.3 Å². The lowest BCUT2D eigenvalue weighted by atomic mass is 10.1. The zero-order valence-corrected chi connectivity index (χ0v) is 16.8. The molecule has 1 aromatic carbocycles. The third-order valence-electron chi connectivity index (χ3n) is 3.98. The fourth-order valence-corrected chi connectivity index (χ4v) is 3.06. The van der Waals surface area contributed by atoms with Crippen LogP contribution < -0.4 is 11.1 Å². The van der Waals surface area contributed by atoms with Gasteiger partial charge in [0.05, 0.1) is 23.5 Å². The molecule has 3 N–H and O–H groups in total. The van der Waals surface area contributed by atoms with E-state index in [0.29, 0.717) is 6.42 Å². The van der Waals surface area contributed by atoms with Crippen LogP contribution in [0.5, 0.6) is 0 Å². The van der Waals surface area contributed by atoms with Crippen LogP contribution in [0.2, 0.25) is 0 Å². The van der Waals surface area contributed by atoms with Gasteiger partial charge in [0.2, 0.25) is 5.91 Å². The molecule has 0 aliphatic heterocycles. The van der Waals surface area contributed by atoms with Crippen molar-refractivity contribution in [1.29, 1.82) is 0 Å². The molecule has 0 saturated carbocycles. The Balaban J connectivity index is 0.00000312. The van der Waals surface area contributed by atoms with Gasteiger partial charge >= 0.3 is 0 Å². The molecule has 1 amide bonds. The number of rotatable bonds is 7. The van der Waals surface area contributed by atoms with Crippen LogP contribution in [0.25, 0.3) is 5.69 Å². The zero-order valence-electron chi connectivity index (χ0n) is 15.2. The van der Waals surface area contributed by atoms with Crippen molar-refractivity contribution in [3.8, 4) is 5.69 Å². The number of aryl methyl sites for hydroxylation is 2. The summed E-state index contributed by atoms with van der Waals surface area (Å²) in [5, 5.41) is 7.47. The highest BCUT2D eigenvalue weighted by atomic mass is 35.5. The quantitative estimate of drug-likeness (QED) is 0.771. The van der Waals surface area contributed by atoms with Gasteiger partial charge in [-0.15, -0.1) is 12.4 Å². The molecule has 1 unspecified atom stereocenters. The van der Waals surface area contributed by atoms with E-state index in [1.165, 1.54) is 0 Å². The van der Waals surface area contributed by atoms with E-state index in [2.05, 4.69) is 10.4 Å². The van der Waals surface area contributed by atoms with Crippen molar-refractivity contribution >= 4 is 30.1 Å². The first-order valence-electron chi connectivity index (χ1n) is 8.11. The van der Waals surface area contributed by atoms with Gasteiger partial charge in [-0.25, -0.2) is 4.68 Å². The van der Waals surface area contributed by atoms with E-state index in [4.69, 9.17) is 5.73 Å². The van der Waals surface area contributed by atoms with E-state index < -0.39 is 6.04 Å². The first kappa shape index (κ1) is 21.5. The molecule has 0 saturated heterocycles. The second kappa shape index (κ2) is 9.85. The van der Waals surface area contributed by atoms with Crippen LogP contribution in [0.3, 0.4) is 0 Å². The summed E-state index contributed by atoms with van der Waals surface area (Å²) in [6.07, 6.45) is 2.70. The predicted molar refractivity (Wildman–Crippen MR) is 108 cm³/mol. The number of nitrogens with zero attached hydrogens (tertiary/aromatic N) is 2. The largest absolute Gasteiger partial charge is 0.348 e. The molecular formula is C18H27ClN4OS. The Labute approximate surface area is 160 Å². The number of thioether (sulfide) groups is 1. The molecule has 25 heavy (non-hydrogen) atoms. The highest BCUT2D eigenvalue weighted by Gasteiger charge is 2.16. The molecule has 2 rings (SSSR count). The lowest BCUT2D eigenvalue weighted by Crippen LogP contribution is -2.41. The molecule has 1 aromatic heterocycles. The van der Waals surface area contributed by atoms with Gasteiger partial charge in [0.25, 0.3) is 0 Å². The van der Waals surface area contributed by atoms with Gasteiger partial charge in [0.1, 0.15) is 0 Å². The minimum absolute atomic E-state index is 0. The van der Waals surface area contributed by atoms with Crippen LogP contribution in [-0.4, -0.2) is 33.7 Å². The number of hydrogen-bond acceptors (Lipinski definition) is 4. The normalized spacial score (nSPS) is 13.0. The van der Waals surface area contributed by atoms with Crippen molar-refractivity contribution in [3.63, 3.8) is 0 Å². The maximum absolute atomic E-state index is 12.1.